The van der Waals surface area contributed by atoms with Crippen LogP contribution in [0.25, 0.3) is 0 Å². The summed E-state index contributed by atoms with van der Waals surface area (Å²) in [6, 6.07) is 3.95. The highest BCUT2D eigenvalue weighted by molar-refractivity contribution is 6.32. The quantitative estimate of drug-likeness (QED) is 0.428. The molecule has 146 valence electrons. The second kappa shape index (κ2) is 6.80. The van der Waals surface area contributed by atoms with Crippen molar-refractivity contribution in [1.82, 2.24) is 0 Å². The average Bonchev–Trinajstić information content (AvgIpc) is 2.85. The summed E-state index contributed by atoms with van der Waals surface area (Å²) in [6.07, 6.45) is 4.52. The number of carbonyl (C=O) groups excluding carboxylic acids is 2. The summed E-state index contributed by atoms with van der Waals surface area (Å²) in [5, 5.41) is -0.353. The molecule has 0 spiro atoms. The minimum Gasteiger partial charge on any atom is -0.494 e. The number of carbonyl (C=O) groups is 2. The van der Waals surface area contributed by atoms with Crippen LogP contribution in [0.5, 0.6) is 11.5 Å². The minimum absolute atomic E-state index is 0.227. The van der Waals surface area contributed by atoms with Crippen LogP contribution in [0.4, 0.5) is 0 Å². The van der Waals surface area contributed by atoms with E-state index in [1.165, 1.54) is 12.5 Å². The predicted octanol–water partition coefficient (Wildman–Crippen LogP) is 4.65. The van der Waals surface area contributed by atoms with E-state index in [1.807, 2.05) is 13.0 Å². The molecule has 0 saturated heterocycles. The minimum atomic E-state index is -0.353. The number of hydrogen-bond acceptors (Lipinski definition) is 4. The van der Waals surface area contributed by atoms with Crippen molar-refractivity contribution in [3.63, 3.8) is 0 Å². The fraction of sp³-hybridized carbons (Fsp3) is 0.636. The van der Waals surface area contributed by atoms with Gasteiger partial charge in [-0.2, -0.15) is 0 Å². The summed E-state index contributed by atoms with van der Waals surface area (Å²) >= 11 is 6.38. The van der Waals surface area contributed by atoms with Crippen molar-refractivity contribution in [2.45, 2.75) is 64.2 Å². The zero-order chi connectivity index (χ0) is 19.3. The molecule has 4 rings (SSSR count). The Bertz CT molecular complexity index is 789. The first-order chi connectivity index (χ1) is 12.8. The lowest BCUT2D eigenvalue weighted by atomic mass is 9.55. The van der Waals surface area contributed by atoms with E-state index in [1.54, 1.807) is 0 Å². The molecule has 1 aromatic carbocycles. The van der Waals surface area contributed by atoms with E-state index in [-0.39, 0.29) is 22.5 Å². The molecule has 27 heavy (non-hydrogen) atoms. The number of esters is 1. The molecule has 0 bridgehead atoms. The van der Waals surface area contributed by atoms with Crippen molar-refractivity contribution >= 4 is 23.4 Å². The van der Waals surface area contributed by atoms with E-state index in [4.69, 9.17) is 21.1 Å². The first-order valence-corrected chi connectivity index (χ1v) is 10.4. The Kier molecular flexibility index (Phi) is 4.74. The first kappa shape index (κ1) is 18.8. The molecule has 0 amide bonds. The second-order valence-corrected chi connectivity index (χ2v) is 8.99. The highest BCUT2D eigenvalue weighted by Crippen LogP contribution is 2.61. The van der Waals surface area contributed by atoms with E-state index in [0.717, 1.165) is 43.4 Å². The van der Waals surface area contributed by atoms with Crippen LogP contribution in [0, 0.1) is 17.3 Å². The third kappa shape index (κ3) is 2.97. The van der Waals surface area contributed by atoms with Crippen LogP contribution in [0.1, 0.15) is 63.5 Å². The van der Waals surface area contributed by atoms with Gasteiger partial charge >= 0.3 is 5.97 Å². The summed E-state index contributed by atoms with van der Waals surface area (Å²) in [5.74, 6) is 2.34. The number of halogens is 1. The van der Waals surface area contributed by atoms with Gasteiger partial charge in [0.25, 0.3) is 0 Å². The molecule has 2 saturated carbocycles. The van der Waals surface area contributed by atoms with Crippen LogP contribution in [-0.4, -0.2) is 23.7 Å². The topological polar surface area (TPSA) is 52.6 Å². The molecule has 0 heterocycles. The lowest BCUT2D eigenvalue weighted by molar-refractivity contribution is -0.132. The SMILES string of the molecule is CCOc1cc2c(c(OC(C)=O)c1)[C@H]1CC[C@]3(C)C(=O)[C@@H](Cl)C[C@H]3[C@@H]1CC2. The lowest BCUT2D eigenvalue weighted by Gasteiger charge is -2.48. The predicted molar refractivity (Wildman–Crippen MR) is 104 cm³/mol. The third-order valence-corrected chi connectivity index (χ3v) is 7.40. The van der Waals surface area contributed by atoms with Crippen molar-refractivity contribution in [1.29, 1.82) is 0 Å². The Balaban J connectivity index is 1.75. The molecule has 1 aromatic rings. The molecular weight excluding hydrogens is 364 g/mol. The number of rotatable bonds is 3. The Morgan fingerprint density at radius 1 is 1.33 bits per heavy atom. The summed E-state index contributed by atoms with van der Waals surface area (Å²) in [4.78, 5) is 24.4. The number of ketones is 1. The molecule has 0 unspecified atom stereocenters. The Morgan fingerprint density at radius 2 is 2.11 bits per heavy atom. The smallest absolute Gasteiger partial charge is 0.308 e. The highest BCUT2D eigenvalue weighted by atomic mass is 35.5. The van der Waals surface area contributed by atoms with Gasteiger partial charge in [-0.1, -0.05) is 6.92 Å². The maximum atomic E-state index is 12.7. The molecule has 4 nitrogen and oxygen atoms in total. The Morgan fingerprint density at radius 3 is 2.81 bits per heavy atom. The van der Waals surface area contributed by atoms with Crippen molar-refractivity contribution in [3.8, 4) is 11.5 Å². The number of fused-ring (bicyclic) bond motifs is 5. The van der Waals surface area contributed by atoms with Crippen molar-refractivity contribution in [2.75, 3.05) is 6.61 Å². The van der Waals surface area contributed by atoms with Crippen LogP contribution < -0.4 is 9.47 Å². The van der Waals surface area contributed by atoms with Gasteiger partial charge in [-0.25, -0.2) is 0 Å². The van der Waals surface area contributed by atoms with E-state index in [2.05, 4.69) is 13.0 Å². The zero-order valence-corrected chi connectivity index (χ0v) is 17.0. The van der Waals surface area contributed by atoms with Gasteiger partial charge in [0, 0.05) is 24.0 Å². The molecular formula is C22H27ClO4. The fourth-order valence-electron chi connectivity index (χ4n) is 5.89. The standard InChI is InChI=1S/C22H27ClO4/c1-4-26-14-9-13-5-6-15-16(20(13)19(10-14)27-12(2)24)7-8-22(3)17(15)11-18(23)21(22)25/h9-10,15-18H,4-8,11H2,1-3H3/t15-,16+,17+,18+,22+/m1/s1. The summed E-state index contributed by atoms with van der Waals surface area (Å²) in [5.41, 5.74) is 2.07. The average molecular weight is 391 g/mol. The maximum Gasteiger partial charge on any atom is 0.308 e. The zero-order valence-electron chi connectivity index (χ0n) is 16.2. The van der Waals surface area contributed by atoms with E-state index < -0.39 is 0 Å². The van der Waals surface area contributed by atoms with Crippen molar-refractivity contribution in [2.24, 2.45) is 17.3 Å². The van der Waals surface area contributed by atoms with E-state index in [9.17, 15) is 9.59 Å². The summed E-state index contributed by atoms with van der Waals surface area (Å²) in [7, 11) is 0. The molecule has 3 aliphatic carbocycles. The van der Waals surface area contributed by atoms with Crippen LogP contribution in [0.2, 0.25) is 0 Å². The van der Waals surface area contributed by atoms with Crippen LogP contribution in [0.3, 0.4) is 0 Å². The number of hydrogen-bond donors (Lipinski definition) is 0. The van der Waals surface area contributed by atoms with Gasteiger partial charge in [0.2, 0.25) is 0 Å². The van der Waals surface area contributed by atoms with Gasteiger partial charge in [-0.05, 0) is 68.4 Å². The maximum absolute atomic E-state index is 12.7. The number of alkyl halides is 1. The summed E-state index contributed by atoms with van der Waals surface area (Å²) < 4.78 is 11.3. The van der Waals surface area contributed by atoms with Crippen molar-refractivity contribution < 1.29 is 19.1 Å². The van der Waals surface area contributed by atoms with Gasteiger partial charge < -0.3 is 9.47 Å². The number of aryl methyl sites for hydroxylation is 1. The van der Waals surface area contributed by atoms with Crippen molar-refractivity contribution in [3.05, 3.63) is 23.3 Å². The number of benzene rings is 1. The largest absolute Gasteiger partial charge is 0.494 e. The number of ether oxygens (including phenoxy) is 2. The summed E-state index contributed by atoms with van der Waals surface area (Å²) in [6.45, 7) is 6.07. The molecule has 0 N–H and O–H groups in total. The normalized spacial score (nSPS) is 34.4. The lowest BCUT2D eigenvalue weighted by Crippen LogP contribution is -2.42. The van der Waals surface area contributed by atoms with Crippen LogP contribution >= 0.6 is 11.6 Å². The van der Waals surface area contributed by atoms with Crippen LogP contribution in [0.15, 0.2) is 12.1 Å². The molecule has 2 fully saturated rings. The van der Waals surface area contributed by atoms with Crippen LogP contribution in [-0.2, 0) is 16.0 Å². The monoisotopic (exact) mass is 390 g/mol. The molecule has 5 heteroatoms. The van der Waals surface area contributed by atoms with E-state index in [0.29, 0.717) is 30.1 Å². The van der Waals surface area contributed by atoms with E-state index >= 15 is 0 Å². The Hall–Kier alpha value is -1.55. The molecule has 0 aliphatic heterocycles. The fourth-order valence-corrected chi connectivity index (χ4v) is 6.33. The van der Waals surface area contributed by atoms with Gasteiger partial charge in [-0.15, -0.1) is 11.6 Å². The van der Waals surface area contributed by atoms with Gasteiger partial charge in [0.05, 0.1) is 12.0 Å². The number of Topliss-reactive ketones (excluding diaryl/α,β-unsaturated/α-hetero) is 1. The first-order valence-electron chi connectivity index (χ1n) is 10.0. The highest BCUT2D eigenvalue weighted by Gasteiger charge is 2.58. The van der Waals surface area contributed by atoms with Gasteiger partial charge in [0.1, 0.15) is 11.5 Å². The third-order valence-electron chi connectivity index (χ3n) is 7.02. The molecule has 5 atom stereocenters. The molecule has 0 radical (unpaired) electrons. The second-order valence-electron chi connectivity index (χ2n) is 8.46. The molecule has 0 aromatic heterocycles. The van der Waals surface area contributed by atoms with Gasteiger partial charge in [-0.3, -0.25) is 9.59 Å². The Labute approximate surface area is 165 Å². The molecule has 3 aliphatic rings. The van der Waals surface area contributed by atoms with Gasteiger partial charge in [0.15, 0.2) is 5.78 Å².